The topological polar surface area (TPSA) is 66.4 Å². The van der Waals surface area contributed by atoms with Crippen LogP contribution in [0.15, 0.2) is 17.0 Å². The standard InChI is InChI=1S/C15H22FNO3S/c1-10-14(16)7-12(9-18)8-15(10)21(19,20)17-11(2)13-5-3-4-6-13/h7-8,11,13,17-18H,3-6,9H2,1-2H3. The molecule has 0 radical (unpaired) electrons. The molecule has 0 aliphatic heterocycles. The van der Waals surface area contributed by atoms with Gasteiger partial charge in [0.2, 0.25) is 10.0 Å². The Hall–Kier alpha value is -0.980. The first kappa shape index (κ1) is 16.4. The number of aliphatic hydroxyl groups is 1. The SMILES string of the molecule is Cc1c(F)cc(CO)cc1S(=O)(=O)NC(C)C1CCCC1. The first-order chi connectivity index (χ1) is 9.85. The van der Waals surface area contributed by atoms with E-state index in [-0.39, 0.29) is 22.1 Å². The van der Waals surface area contributed by atoms with Gasteiger partial charge in [-0.25, -0.2) is 17.5 Å². The maximum atomic E-state index is 13.8. The molecule has 0 aromatic heterocycles. The quantitative estimate of drug-likeness (QED) is 0.877. The van der Waals surface area contributed by atoms with E-state index in [2.05, 4.69) is 4.72 Å². The monoisotopic (exact) mass is 315 g/mol. The van der Waals surface area contributed by atoms with Gasteiger partial charge in [0.25, 0.3) is 0 Å². The highest BCUT2D eigenvalue weighted by molar-refractivity contribution is 7.89. The van der Waals surface area contributed by atoms with Crippen LogP contribution in [0.2, 0.25) is 0 Å². The first-order valence-electron chi connectivity index (χ1n) is 7.27. The Labute approximate surface area is 125 Å². The van der Waals surface area contributed by atoms with Crippen LogP contribution >= 0.6 is 0 Å². The average molecular weight is 315 g/mol. The minimum Gasteiger partial charge on any atom is -0.392 e. The summed E-state index contributed by atoms with van der Waals surface area (Å²) >= 11 is 0. The fraction of sp³-hybridized carbons (Fsp3) is 0.600. The van der Waals surface area contributed by atoms with Gasteiger partial charge in [-0.05, 0) is 50.3 Å². The number of rotatable bonds is 5. The molecule has 1 aliphatic carbocycles. The lowest BCUT2D eigenvalue weighted by Gasteiger charge is -2.21. The highest BCUT2D eigenvalue weighted by atomic mass is 32.2. The number of hydrogen-bond acceptors (Lipinski definition) is 3. The van der Waals surface area contributed by atoms with Crippen molar-refractivity contribution >= 4 is 10.0 Å². The van der Waals surface area contributed by atoms with E-state index < -0.39 is 22.4 Å². The molecule has 2 rings (SSSR count). The van der Waals surface area contributed by atoms with Crippen molar-refractivity contribution in [2.24, 2.45) is 5.92 Å². The summed E-state index contributed by atoms with van der Waals surface area (Å²) in [7, 11) is -3.78. The van der Waals surface area contributed by atoms with Crippen molar-refractivity contribution in [3.05, 3.63) is 29.1 Å². The van der Waals surface area contributed by atoms with Gasteiger partial charge in [-0.2, -0.15) is 0 Å². The summed E-state index contributed by atoms with van der Waals surface area (Å²) in [5.41, 5.74) is 0.338. The van der Waals surface area contributed by atoms with Crippen molar-refractivity contribution in [1.82, 2.24) is 4.72 Å². The van der Waals surface area contributed by atoms with Crippen LogP contribution in [0.25, 0.3) is 0 Å². The largest absolute Gasteiger partial charge is 0.392 e. The molecule has 0 saturated heterocycles. The molecular formula is C15H22FNO3S. The smallest absolute Gasteiger partial charge is 0.241 e. The van der Waals surface area contributed by atoms with Gasteiger partial charge >= 0.3 is 0 Å². The molecule has 1 aliphatic rings. The van der Waals surface area contributed by atoms with Gasteiger partial charge in [0.1, 0.15) is 5.82 Å². The fourth-order valence-corrected chi connectivity index (χ4v) is 4.56. The van der Waals surface area contributed by atoms with Gasteiger partial charge in [-0.3, -0.25) is 0 Å². The minimum atomic E-state index is -3.78. The van der Waals surface area contributed by atoms with Gasteiger partial charge in [-0.1, -0.05) is 12.8 Å². The van der Waals surface area contributed by atoms with E-state index in [0.717, 1.165) is 31.7 Å². The molecular weight excluding hydrogens is 293 g/mol. The molecule has 0 amide bonds. The number of aliphatic hydroxyl groups excluding tert-OH is 1. The zero-order valence-electron chi connectivity index (χ0n) is 12.4. The van der Waals surface area contributed by atoms with Crippen LogP contribution in [0.4, 0.5) is 4.39 Å². The van der Waals surface area contributed by atoms with E-state index in [1.807, 2.05) is 6.92 Å². The Bertz CT molecular complexity index is 610. The predicted molar refractivity (Wildman–Crippen MR) is 78.8 cm³/mol. The van der Waals surface area contributed by atoms with E-state index in [1.54, 1.807) is 0 Å². The molecule has 21 heavy (non-hydrogen) atoms. The highest BCUT2D eigenvalue weighted by Crippen LogP contribution is 2.29. The lowest BCUT2D eigenvalue weighted by molar-refractivity contribution is 0.281. The molecule has 0 bridgehead atoms. The van der Waals surface area contributed by atoms with Crippen molar-refractivity contribution in [1.29, 1.82) is 0 Å². The summed E-state index contributed by atoms with van der Waals surface area (Å²) in [6, 6.07) is 2.33. The van der Waals surface area contributed by atoms with Crippen LogP contribution in [0.5, 0.6) is 0 Å². The molecule has 1 unspecified atom stereocenters. The van der Waals surface area contributed by atoms with Crippen LogP contribution in [0.3, 0.4) is 0 Å². The Morgan fingerprint density at radius 2 is 2.00 bits per heavy atom. The fourth-order valence-electron chi connectivity index (χ4n) is 2.94. The molecule has 1 saturated carbocycles. The summed E-state index contributed by atoms with van der Waals surface area (Å²) in [5, 5.41) is 9.12. The van der Waals surface area contributed by atoms with Gasteiger partial charge in [0, 0.05) is 11.6 Å². The second kappa shape index (κ2) is 6.42. The summed E-state index contributed by atoms with van der Waals surface area (Å²) in [6.07, 6.45) is 4.30. The second-order valence-electron chi connectivity index (χ2n) is 5.81. The van der Waals surface area contributed by atoms with Crippen molar-refractivity contribution in [3.63, 3.8) is 0 Å². The van der Waals surface area contributed by atoms with Crippen molar-refractivity contribution in [2.75, 3.05) is 0 Å². The van der Waals surface area contributed by atoms with Crippen molar-refractivity contribution in [2.45, 2.75) is 57.1 Å². The molecule has 1 aromatic rings. The predicted octanol–water partition coefficient (Wildman–Crippen LogP) is 2.48. The molecule has 2 N–H and O–H groups in total. The summed E-state index contributed by atoms with van der Waals surface area (Å²) in [4.78, 5) is -0.0867. The van der Waals surface area contributed by atoms with Crippen LogP contribution in [-0.2, 0) is 16.6 Å². The van der Waals surface area contributed by atoms with Crippen molar-refractivity contribution < 1.29 is 17.9 Å². The van der Waals surface area contributed by atoms with Gasteiger partial charge < -0.3 is 5.11 Å². The Balaban J connectivity index is 2.28. The lowest BCUT2D eigenvalue weighted by Crippen LogP contribution is -2.37. The van der Waals surface area contributed by atoms with Crippen LogP contribution in [-0.4, -0.2) is 19.6 Å². The Kier molecular flexibility index (Phi) is 5.01. The molecule has 4 nitrogen and oxygen atoms in total. The summed E-state index contributed by atoms with van der Waals surface area (Å²) in [5.74, 6) is -0.276. The van der Waals surface area contributed by atoms with E-state index in [9.17, 15) is 12.8 Å². The maximum absolute atomic E-state index is 13.8. The number of hydrogen-bond donors (Lipinski definition) is 2. The number of sulfonamides is 1. The molecule has 1 fully saturated rings. The molecule has 6 heteroatoms. The third-order valence-electron chi connectivity index (χ3n) is 4.28. The molecule has 1 aromatic carbocycles. The average Bonchev–Trinajstić information content (AvgIpc) is 2.95. The Morgan fingerprint density at radius 3 is 2.57 bits per heavy atom. The van der Waals surface area contributed by atoms with E-state index in [4.69, 9.17) is 5.11 Å². The van der Waals surface area contributed by atoms with Crippen LogP contribution < -0.4 is 4.72 Å². The van der Waals surface area contributed by atoms with Gasteiger partial charge in [0.05, 0.1) is 11.5 Å². The second-order valence-corrected chi connectivity index (χ2v) is 7.50. The zero-order valence-corrected chi connectivity index (χ0v) is 13.2. The van der Waals surface area contributed by atoms with E-state index in [1.165, 1.54) is 13.0 Å². The van der Waals surface area contributed by atoms with Crippen LogP contribution in [0.1, 0.15) is 43.7 Å². The van der Waals surface area contributed by atoms with E-state index >= 15 is 0 Å². The number of benzene rings is 1. The number of halogens is 1. The first-order valence-corrected chi connectivity index (χ1v) is 8.75. The highest BCUT2D eigenvalue weighted by Gasteiger charge is 2.27. The normalized spacial score (nSPS) is 18.1. The van der Waals surface area contributed by atoms with Crippen LogP contribution in [0, 0.1) is 18.7 Å². The Morgan fingerprint density at radius 1 is 1.38 bits per heavy atom. The van der Waals surface area contributed by atoms with Gasteiger partial charge in [0.15, 0.2) is 0 Å². The third kappa shape index (κ3) is 3.62. The maximum Gasteiger partial charge on any atom is 0.241 e. The summed E-state index contributed by atoms with van der Waals surface area (Å²) in [6.45, 7) is 2.90. The molecule has 0 spiro atoms. The number of nitrogens with one attached hydrogen (secondary N) is 1. The zero-order chi connectivity index (χ0) is 15.6. The minimum absolute atomic E-state index is 0.0818. The summed E-state index contributed by atoms with van der Waals surface area (Å²) < 4.78 is 41.4. The molecule has 118 valence electrons. The third-order valence-corrected chi connectivity index (χ3v) is 5.96. The van der Waals surface area contributed by atoms with Gasteiger partial charge in [-0.15, -0.1) is 0 Å². The van der Waals surface area contributed by atoms with E-state index in [0.29, 0.717) is 5.92 Å². The van der Waals surface area contributed by atoms with Crippen molar-refractivity contribution in [3.8, 4) is 0 Å². The lowest BCUT2D eigenvalue weighted by atomic mass is 10.0. The molecule has 1 atom stereocenters. The molecule has 0 heterocycles.